The van der Waals surface area contributed by atoms with E-state index in [1.54, 1.807) is 0 Å². The van der Waals surface area contributed by atoms with Gasteiger partial charge in [0.25, 0.3) is 0 Å². The highest BCUT2D eigenvalue weighted by atomic mass is 16.4. The first kappa shape index (κ1) is 14.3. The first-order valence-corrected chi connectivity index (χ1v) is 7.08. The van der Waals surface area contributed by atoms with E-state index >= 15 is 0 Å². The predicted molar refractivity (Wildman–Crippen MR) is 70.9 cm³/mol. The molecule has 1 saturated heterocycles. The van der Waals surface area contributed by atoms with Crippen LogP contribution >= 0.6 is 0 Å². The molecule has 1 aliphatic heterocycles. The second-order valence-electron chi connectivity index (χ2n) is 5.44. The van der Waals surface area contributed by atoms with E-state index < -0.39 is 5.97 Å². The highest BCUT2D eigenvalue weighted by molar-refractivity contribution is 5.78. The van der Waals surface area contributed by atoms with Crippen LogP contribution in [0.1, 0.15) is 19.3 Å². The Labute approximate surface area is 113 Å². The number of carbonyl (C=O) groups is 2. The van der Waals surface area contributed by atoms with E-state index in [9.17, 15) is 9.59 Å². The van der Waals surface area contributed by atoms with Crippen LogP contribution in [0.2, 0.25) is 0 Å². The lowest BCUT2D eigenvalue weighted by Crippen LogP contribution is -2.51. The molecule has 1 aliphatic carbocycles. The number of carboxylic acids is 1. The van der Waals surface area contributed by atoms with Crippen LogP contribution in [0.25, 0.3) is 0 Å². The Balaban J connectivity index is 1.58. The lowest BCUT2D eigenvalue weighted by molar-refractivity contribution is -0.138. The number of nitrogens with zero attached hydrogens (tertiary/aromatic N) is 2. The lowest BCUT2D eigenvalue weighted by atomic mass is 10.3. The fourth-order valence-electron chi connectivity index (χ4n) is 2.29. The summed E-state index contributed by atoms with van der Waals surface area (Å²) >= 11 is 0. The molecule has 6 heteroatoms. The summed E-state index contributed by atoms with van der Waals surface area (Å²) in [5, 5.41) is 11.8. The molecule has 2 rings (SSSR count). The molecule has 2 N–H and O–H groups in total. The van der Waals surface area contributed by atoms with Gasteiger partial charge in [-0.1, -0.05) is 0 Å². The highest BCUT2D eigenvalue weighted by Gasteiger charge is 2.23. The number of carboxylic acid groups (broad SMARTS) is 1. The lowest BCUT2D eigenvalue weighted by Gasteiger charge is -2.34. The Morgan fingerprint density at radius 3 is 2.42 bits per heavy atom. The molecule has 0 atom stereocenters. The molecule has 6 nitrogen and oxygen atoms in total. The fourth-order valence-corrected chi connectivity index (χ4v) is 2.29. The molecule has 0 aromatic carbocycles. The van der Waals surface area contributed by atoms with E-state index in [0.717, 1.165) is 25.6 Å². The van der Waals surface area contributed by atoms with Crippen molar-refractivity contribution in [2.24, 2.45) is 5.92 Å². The largest absolute Gasteiger partial charge is 0.481 e. The van der Waals surface area contributed by atoms with Gasteiger partial charge in [-0.15, -0.1) is 0 Å². The number of amides is 1. The van der Waals surface area contributed by atoms with Gasteiger partial charge in [0.2, 0.25) is 5.91 Å². The smallest absolute Gasteiger partial charge is 0.304 e. The van der Waals surface area contributed by atoms with Crippen molar-refractivity contribution >= 4 is 11.9 Å². The number of hydrogen-bond acceptors (Lipinski definition) is 4. The summed E-state index contributed by atoms with van der Waals surface area (Å²) in [6.07, 6.45) is 2.77. The number of rotatable bonds is 7. The van der Waals surface area contributed by atoms with Gasteiger partial charge >= 0.3 is 5.97 Å². The minimum Gasteiger partial charge on any atom is -0.481 e. The summed E-state index contributed by atoms with van der Waals surface area (Å²) in [5.41, 5.74) is 0. The van der Waals surface area contributed by atoms with E-state index in [2.05, 4.69) is 10.2 Å². The first-order chi connectivity index (χ1) is 9.15. The normalized spacial score (nSPS) is 20.5. The van der Waals surface area contributed by atoms with Gasteiger partial charge in [-0.25, -0.2) is 0 Å². The zero-order chi connectivity index (χ0) is 13.7. The average molecular weight is 269 g/mol. The maximum Gasteiger partial charge on any atom is 0.304 e. The summed E-state index contributed by atoms with van der Waals surface area (Å²) < 4.78 is 0. The molecule has 19 heavy (non-hydrogen) atoms. The summed E-state index contributed by atoms with van der Waals surface area (Å²) in [6.45, 7) is 4.96. The SMILES string of the molecule is O=C(O)CCN1CCN(C(=O)CNCC2CC2)CC1. The van der Waals surface area contributed by atoms with Crippen molar-refractivity contribution in [2.75, 3.05) is 45.8 Å². The molecule has 108 valence electrons. The van der Waals surface area contributed by atoms with E-state index in [4.69, 9.17) is 5.11 Å². The molecule has 0 aromatic heterocycles. The molecule has 0 aromatic rings. The Bertz CT molecular complexity index is 323. The minimum atomic E-state index is -0.761. The first-order valence-electron chi connectivity index (χ1n) is 7.08. The number of aliphatic carboxylic acids is 1. The number of carbonyl (C=O) groups excluding carboxylic acids is 1. The van der Waals surface area contributed by atoms with Gasteiger partial charge in [-0.2, -0.15) is 0 Å². The Hall–Kier alpha value is -1.14. The van der Waals surface area contributed by atoms with E-state index in [1.165, 1.54) is 12.8 Å². The number of piperazine rings is 1. The van der Waals surface area contributed by atoms with Crippen molar-refractivity contribution in [2.45, 2.75) is 19.3 Å². The van der Waals surface area contributed by atoms with Gasteiger partial charge in [0.1, 0.15) is 0 Å². The minimum absolute atomic E-state index is 0.165. The molecule has 0 radical (unpaired) electrons. The van der Waals surface area contributed by atoms with Gasteiger partial charge in [-0.3, -0.25) is 14.5 Å². The summed E-state index contributed by atoms with van der Waals surface area (Å²) in [6, 6.07) is 0. The van der Waals surface area contributed by atoms with Crippen molar-refractivity contribution in [1.29, 1.82) is 0 Å². The maximum absolute atomic E-state index is 11.9. The van der Waals surface area contributed by atoms with Crippen molar-refractivity contribution in [3.63, 3.8) is 0 Å². The second-order valence-corrected chi connectivity index (χ2v) is 5.44. The number of nitrogens with one attached hydrogen (secondary N) is 1. The highest BCUT2D eigenvalue weighted by Crippen LogP contribution is 2.27. The van der Waals surface area contributed by atoms with Gasteiger partial charge in [-0.05, 0) is 25.3 Å². The molecule has 0 unspecified atom stereocenters. The topological polar surface area (TPSA) is 72.9 Å². The van der Waals surface area contributed by atoms with Crippen LogP contribution < -0.4 is 5.32 Å². The summed E-state index contributed by atoms with van der Waals surface area (Å²) in [7, 11) is 0. The molecule has 0 spiro atoms. The van der Waals surface area contributed by atoms with E-state index in [-0.39, 0.29) is 12.3 Å². The number of hydrogen-bond donors (Lipinski definition) is 2. The molecule has 2 aliphatic rings. The summed E-state index contributed by atoms with van der Waals surface area (Å²) in [5.74, 6) is 0.196. The van der Waals surface area contributed by atoms with Crippen molar-refractivity contribution in [1.82, 2.24) is 15.1 Å². The summed E-state index contributed by atoms with van der Waals surface area (Å²) in [4.78, 5) is 26.4. The Kier molecular flexibility index (Phi) is 5.15. The van der Waals surface area contributed by atoms with Gasteiger partial charge < -0.3 is 15.3 Å². The second kappa shape index (κ2) is 6.86. The van der Waals surface area contributed by atoms with Crippen molar-refractivity contribution in [3.8, 4) is 0 Å². The third-order valence-electron chi connectivity index (χ3n) is 3.77. The van der Waals surface area contributed by atoms with Crippen LogP contribution in [-0.2, 0) is 9.59 Å². The quantitative estimate of drug-likeness (QED) is 0.658. The van der Waals surface area contributed by atoms with E-state index in [0.29, 0.717) is 26.2 Å². The standard InChI is InChI=1S/C13H23N3O3/c17-12(10-14-9-11-1-2-11)16-7-5-15(6-8-16)4-3-13(18)19/h11,14H,1-10H2,(H,18,19). The zero-order valence-corrected chi connectivity index (χ0v) is 11.3. The van der Waals surface area contributed by atoms with E-state index in [1.807, 2.05) is 4.90 Å². The van der Waals surface area contributed by atoms with Crippen LogP contribution in [-0.4, -0.2) is 72.6 Å². The average Bonchev–Trinajstić information content (AvgIpc) is 3.21. The predicted octanol–water partition coefficient (Wildman–Crippen LogP) is -0.395. The van der Waals surface area contributed by atoms with Gasteiger partial charge in [0.15, 0.2) is 0 Å². The van der Waals surface area contributed by atoms with Crippen LogP contribution in [0.15, 0.2) is 0 Å². The monoisotopic (exact) mass is 269 g/mol. The zero-order valence-electron chi connectivity index (χ0n) is 11.3. The fraction of sp³-hybridized carbons (Fsp3) is 0.846. The Morgan fingerprint density at radius 1 is 1.16 bits per heavy atom. The maximum atomic E-state index is 11.9. The van der Waals surface area contributed by atoms with Crippen LogP contribution in [0.5, 0.6) is 0 Å². The van der Waals surface area contributed by atoms with Crippen molar-refractivity contribution in [3.05, 3.63) is 0 Å². The third-order valence-corrected chi connectivity index (χ3v) is 3.77. The van der Waals surface area contributed by atoms with Crippen LogP contribution in [0, 0.1) is 5.92 Å². The molecule has 1 amide bonds. The van der Waals surface area contributed by atoms with Crippen molar-refractivity contribution < 1.29 is 14.7 Å². The molecule has 0 bridgehead atoms. The molecule has 1 saturated carbocycles. The van der Waals surface area contributed by atoms with Crippen LogP contribution in [0.4, 0.5) is 0 Å². The molecular formula is C13H23N3O3. The molecule has 1 heterocycles. The molecule has 2 fully saturated rings. The van der Waals surface area contributed by atoms with Gasteiger partial charge in [0.05, 0.1) is 13.0 Å². The van der Waals surface area contributed by atoms with Gasteiger partial charge in [0, 0.05) is 32.7 Å². The third kappa shape index (κ3) is 5.16. The molecular weight excluding hydrogens is 246 g/mol. The van der Waals surface area contributed by atoms with Crippen LogP contribution in [0.3, 0.4) is 0 Å². The Morgan fingerprint density at radius 2 is 1.84 bits per heavy atom.